The minimum absolute atomic E-state index is 0.213. The van der Waals surface area contributed by atoms with Crippen LogP contribution in [0.2, 0.25) is 0 Å². The average Bonchev–Trinajstić information content (AvgIpc) is 3.00. The smallest absolute Gasteiger partial charge is 0.148 e. The maximum atomic E-state index is 14.1. The molecule has 4 aromatic rings. The van der Waals surface area contributed by atoms with Gasteiger partial charge in [0, 0.05) is 5.56 Å². The van der Waals surface area contributed by atoms with Crippen LogP contribution in [-0.4, -0.2) is 9.55 Å². The van der Waals surface area contributed by atoms with Crippen molar-refractivity contribution in [3.05, 3.63) is 96.1 Å². The van der Waals surface area contributed by atoms with Gasteiger partial charge in [0.1, 0.15) is 24.0 Å². The highest BCUT2D eigenvalue weighted by Crippen LogP contribution is 2.20. The van der Waals surface area contributed by atoms with Crippen molar-refractivity contribution in [3.8, 4) is 5.75 Å². The number of fused-ring (bicyclic) bond motifs is 1. The van der Waals surface area contributed by atoms with Gasteiger partial charge in [-0.15, -0.1) is 0 Å². The molecule has 1 heterocycles. The average molecular weight is 332 g/mol. The lowest BCUT2D eigenvalue weighted by molar-refractivity contribution is 0.291. The quantitative estimate of drug-likeness (QED) is 0.525. The molecule has 0 atom stereocenters. The molecule has 3 nitrogen and oxygen atoms in total. The van der Waals surface area contributed by atoms with Crippen molar-refractivity contribution in [1.29, 1.82) is 0 Å². The molecule has 25 heavy (non-hydrogen) atoms. The van der Waals surface area contributed by atoms with Gasteiger partial charge < -0.3 is 9.30 Å². The zero-order valence-corrected chi connectivity index (χ0v) is 13.6. The standard InChI is InChI=1S/C21H17FN2O/c22-18-11-5-4-8-16(18)14-24-20-13-7-6-12-19(20)23-21(24)15-25-17-9-2-1-3-10-17/h1-13H,14-15H2. The van der Waals surface area contributed by atoms with Gasteiger partial charge in [0.05, 0.1) is 17.6 Å². The maximum absolute atomic E-state index is 14.1. The summed E-state index contributed by atoms with van der Waals surface area (Å²) in [6.07, 6.45) is 0. The van der Waals surface area contributed by atoms with Gasteiger partial charge >= 0.3 is 0 Å². The topological polar surface area (TPSA) is 27.1 Å². The molecule has 0 N–H and O–H groups in total. The normalized spacial score (nSPS) is 10.9. The third-order valence-corrected chi connectivity index (χ3v) is 4.13. The van der Waals surface area contributed by atoms with Crippen molar-refractivity contribution in [2.45, 2.75) is 13.2 Å². The van der Waals surface area contributed by atoms with Crippen LogP contribution in [0.5, 0.6) is 5.75 Å². The molecule has 0 spiro atoms. The van der Waals surface area contributed by atoms with Crippen LogP contribution in [0.3, 0.4) is 0 Å². The van der Waals surface area contributed by atoms with Crippen molar-refractivity contribution in [3.63, 3.8) is 0 Å². The van der Waals surface area contributed by atoms with Crippen LogP contribution in [-0.2, 0) is 13.2 Å². The molecule has 0 aliphatic heterocycles. The first-order valence-electron chi connectivity index (χ1n) is 8.16. The molecule has 0 radical (unpaired) electrons. The van der Waals surface area contributed by atoms with Gasteiger partial charge in [-0.05, 0) is 30.3 Å². The molecule has 0 amide bonds. The Kier molecular flexibility index (Phi) is 4.17. The van der Waals surface area contributed by atoms with Gasteiger partial charge in [0.2, 0.25) is 0 Å². The lowest BCUT2D eigenvalue weighted by Gasteiger charge is -2.11. The molecule has 0 aliphatic rings. The third kappa shape index (κ3) is 3.24. The Bertz CT molecular complexity index is 995. The van der Waals surface area contributed by atoms with Gasteiger partial charge in [-0.3, -0.25) is 0 Å². The van der Waals surface area contributed by atoms with E-state index >= 15 is 0 Å². The van der Waals surface area contributed by atoms with Crippen LogP contribution in [0, 0.1) is 5.82 Å². The molecule has 3 aromatic carbocycles. The zero-order valence-electron chi connectivity index (χ0n) is 13.6. The van der Waals surface area contributed by atoms with Crippen molar-refractivity contribution in [1.82, 2.24) is 9.55 Å². The number of para-hydroxylation sites is 3. The molecular weight excluding hydrogens is 315 g/mol. The third-order valence-electron chi connectivity index (χ3n) is 4.13. The van der Waals surface area contributed by atoms with Gasteiger partial charge in [-0.1, -0.05) is 48.5 Å². The van der Waals surface area contributed by atoms with Crippen molar-refractivity contribution in [2.24, 2.45) is 0 Å². The van der Waals surface area contributed by atoms with Crippen LogP contribution in [0.25, 0.3) is 11.0 Å². The highest BCUT2D eigenvalue weighted by Gasteiger charge is 2.13. The second kappa shape index (κ2) is 6.77. The van der Waals surface area contributed by atoms with E-state index in [-0.39, 0.29) is 5.82 Å². The largest absolute Gasteiger partial charge is 0.486 e. The Morgan fingerprint density at radius 3 is 2.40 bits per heavy atom. The van der Waals surface area contributed by atoms with Crippen LogP contribution < -0.4 is 4.74 Å². The van der Waals surface area contributed by atoms with E-state index in [0.717, 1.165) is 22.6 Å². The van der Waals surface area contributed by atoms with Crippen LogP contribution in [0.15, 0.2) is 78.9 Å². The first kappa shape index (κ1) is 15.4. The summed E-state index contributed by atoms with van der Waals surface area (Å²) in [5, 5.41) is 0. The first-order valence-corrected chi connectivity index (χ1v) is 8.16. The van der Waals surface area contributed by atoms with Crippen LogP contribution in [0.1, 0.15) is 11.4 Å². The number of halogens is 1. The van der Waals surface area contributed by atoms with E-state index in [0.29, 0.717) is 18.7 Å². The molecule has 0 bridgehead atoms. The number of imidazole rings is 1. The Balaban J connectivity index is 1.69. The van der Waals surface area contributed by atoms with E-state index < -0.39 is 0 Å². The Hall–Kier alpha value is -3.14. The van der Waals surface area contributed by atoms with Gasteiger partial charge in [-0.25, -0.2) is 9.37 Å². The maximum Gasteiger partial charge on any atom is 0.148 e. The number of hydrogen-bond acceptors (Lipinski definition) is 2. The first-order chi connectivity index (χ1) is 12.3. The number of benzene rings is 3. The fourth-order valence-corrected chi connectivity index (χ4v) is 2.87. The van der Waals surface area contributed by atoms with E-state index in [1.54, 1.807) is 12.1 Å². The molecule has 0 saturated carbocycles. The van der Waals surface area contributed by atoms with E-state index in [4.69, 9.17) is 4.74 Å². The predicted octanol–water partition coefficient (Wildman–Crippen LogP) is 4.80. The Morgan fingerprint density at radius 2 is 1.56 bits per heavy atom. The molecule has 124 valence electrons. The van der Waals surface area contributed by atoms with E-state index in [2.05, 4.69) is 4.98 Å². The summed E-state index contributed by atoms with van der Waals surface area (Å²) in [5.74, 6) is 1.34. The van der Waals surface area contributed by atoms with E-state index in [1.807, 2.05) is 65.2 Å². The van der Waals surface area contributed by atoms with Crippen LogP contribution in [0.4, 0.5) is 4.39 Å². The van der Waals surface area contributed by atoms with Gasteiger partial charge in [0.15, 0.2) is 0 Å². The van der Waals surface area contributed by atoms with Crippen LogP contribution >= 0.6 is 0 Å². The summed E-state index contributed by atoms with van der Waals surface area (Å²) in [6, 6.07) is 24.3. The molecule has 0 saturated heterocycles. The lowest BCUT2D eigenvalue weighted by atomic mass is 10.2. The monoisotopic (exact) mass is 332 g/mol. The van der Waals surface area contributed by atoms with E-state index in [1.165, 1.54) is 6.07 Å². The zero-order chi connectivity index (χ0) is 17.1. The molecule has 0 unspecified atom stereocenters. The highest BCUT2D eigenvalue weighted by molar-refractivity contribution is 5.76. The van der Waals surface area contributed by atoms with Crippen molar-refractivity contribution < 1.29 is 9.13 Å². The van der Waals surface area contributed by atoms with Crippen molar-refractivity contribution >= 4 is 11.0 Å². The number of rotatable bonds is 5. The summed E-state index contributed by atoms with van der Waals surface area (Å²) in [7, 11) is 0. The number of aromatic nitrogens is 2. The van der Waals surface area contributed by atoms with Gasteiger partial charge in [-0.2, -0.15) is 0 Å². The SMILES string of the molecule is Fc1ccccc1Cn1c(COc2ccccc2)nc2ccccc21. The summed E-state index contributed by atoms with van der Waals surface area (Å²) in [6.45, 7) is 0.744. The summed E-state index contributed by atoms with van der Waals surface area (Å²) >= 11 is 0. The molecular formula is C21H17FN2O. The number of hydrogen-bond donors (Lipinski definition) is 0. The Morgan fingerprint density at radius 1 is 0.840 bits per heavy atom. The second-order valence-corrected chi connectivity index (χ2v) is 5.80. The minimum Gasteiger partial charge on any atom is -0.486 e. The summed E-state index contributed by atoms with van der Waals surface area (Å²) in [4.78, 5) is 4.67. The fraction of sp³-hybridized carbons (Fsp3) is 0.0952. The lowest BCUT2D eigenvalue weighted by Crippen LogP contribution is -2.09. The molecule has 0 aliphatic carbocycles. The highest BCUT2D eigenvalue weighted by atomic mass is 19.1. The number of nitrogens with zero attached hydrogens (tertiary/aromatic N) is 2. The molecule has 4 rings (SSSR count). The molecule has 1 aromatic heterocycles. The molecule has 0 fully saturated rings. The van der Waals surface area contributed by atoms with E-state index in [9.17, 15) is 4.39 Å². The summed E-state index contributed by atoms with van der Waals surface area (Å²) in [5.41, 5.74) is 2.48. The fourth-order valence-electron chi connectivity index (χ4n) is 2.87. The van der Waals surface area contributed by atoms with Crippen molar-refractivity contribution in [2.75, 3.05) is 0 Å². The minimum atomic E-state index is -0.213. The number of ether oxygens (including phenoxy) is 1. The molecule has 4 heteroatoms. The predicted molar refractivity (Wildman–Crippen MR) is 96.0 cm³/mol. The Labute approximate surface area is 145 Å². The second-order valence-electron chi connectivity index (χ2n) is 5.80. The van der Waals surface area contributed by atoms with Gasteiger partial charge in [0.25, 0.3) is 0 Å². The summed E-state index contributed by atoms with van der Waals surface area (Å²) < 4.78 is 22.0.